The normalized spacial score (nSPS) is 12.0. The Morgan fingerprint density at radius 1 is 1.09 bits per heavy atom. The van der Waals surface area contributed by atoms with Gasteiger partial charge in [0.2, 0.25) is 0 Å². The average Bonchev–Trinajstić information content (AvgIpc) is 1.85. The zero-order valence-corrected chi connectivity index (χ0v) is 9.15. The van der Waals surface area contributed by atoms with Crippen LogP contribution in [0.2, 0.25) is 0 Å². The fourth-order valence-electron chi connectivity index (χ4n) is 1.01. The second kappa shape index (κ2) is 6.01. The minimum Gasteiger partial charge on any atom is -0.396 e. The Morgan fingerprint density at radius 3 is 2.09 bits per heavy atom. The lowest BCUT2D eigenvalue weighted by molar-refractivity contribution is 0.282. The second-order valence-corrected chi connectivity index (χ2v) is 5.75. The molecule has 0 aliphatic heterocycles. The van der Waals surface area contributed by atoms with Crippen LogP contribution >= 0.6 is 15.9 Å². The first-order valence-corrected chi connectivity index (χ1v) is 5.15. The van der Waals surface area contributed by atoms with E-state index in [1.807, 2.05) is 0 Å². The predicted molar refractivity (Wildman–Crippen MR) is 53.2 cm³/mol. The van der Waals surface area contributed by atoms with Crippen molar-refractivity contribution in [3.8, 4) is 0 Å². The van der Waals surface area contributed by atoms with E-state index in [0.717, 1.165) is 6.42 Å². The quantitative estimate of drug-likeness (QED) is 0.541. The molecule has 0 aromatic carbocycles. The topological polar surface area (TPSA) is 20.2 Å². The van der Waals surface area contributed by atoms with Crippen molar-refractivity contribution in [3.05, 3.63) is 0 Å². The fourth-order valence-corrected chi connectivity index (χ4v) is 1.29. The van der Waals surface area contributed by atoms with Crippen LogP contribution in [0.4, 0.5) is 0 Å². The van der Waals surface area contributed by atoms with Gasteiger partial charge in [-0.15, -0.1) is 0 Å². The van der Waals surface area contributed by atoms with E-state index in [2.05, 4.69) is 29.8 Å². The molecule has 0 fully saturated rings. The van der Waals surface area contributed by atoms with Crippen LogP contribution in [0.25, 0.3) is 0 Å². The van der Waals surface area contributed by atoms with Crippen LogP contribution in [-0.2, 0) is 0 Å². The summed E-state index contributed by atoms with van der Waals surface area (Å²) >= 11 is 3.60. The van der Waals surface area contributed by atoms with Gasteiger partial charge in [-0.1, -0.05) is 49.0 Å². The van der Waals surface area contributed by atoms with Gasteiger partial charge < -0.3 is 5.11 Å². The highest BCUT2D eigenvalue weighted by Crippen LogP contribution is 2.23. The number of aliphatic hydroxyl groups is 1. The van der Waals surface area contributed by atoms with Crippen LogP contribution < -0.4 is 0 Å². The highest BCUT2D eigenvalue weighted by molar-refractivity contribution is 9.10. The maximum Gasteiger partial charge on any atom is 0.0431 e. The molecule has 0 aromatic rings. The Kier molecular flexibility index (Phi) is 6.25. The molecule has 0 spiro atoms. The van der Waals surface area contributed by atoms with Crippen molar-refractivity contribution in [2.24, 2.45) is 0 Å². The number of rotatable bonds is 6. The zero-order valence-electron chi connectivity index (χ0n) is 7.57. The molecule has 0 bridgehead atoms. The van der Waals surface area contributed by atoms with Gasteiger partial charge in [0.25, 0.3) is 0 Å². The second-order valence-electron chi connectivity index (χ2n) is 3.61. The van der Waals surface area contributed by atoms with E-state index in [-0.39, 0.29) is 0 Å². The summed E-state index contributed by atoms with van der Waals surface area (Å²) in [5.41, 5.74) is 0. The summed E-state index contributed by atoms with van der Waals surface area (Å²) in [4.78, 5) is 0. The molecule has 0 saturated heterocycles. The van der Waals surface area contributed by atoms with Gasteiger partial charge in [-0.3, -0.25) is 0 Å². The summed E-state index contributed by atoms with van der Waals surface area (Å²) in [5, 5.41) is 8.52. The molecule has 0 aromatic heterocycles. The minimum atomic E-state index is 0.298. The predicted octanol–water partition coefficient (Wildman–Crippen LogP) is 3.10. The maximum atomic E-state index is 8.52. The van der Waals surface area contributed by atoms with E-state index in [9.17, 15) is 0 Å². The van der Waals surface area contributed by atoms with Gasteiger partial charge in [-0.05, 0) is 12.8 Å². The highest BCUT2D eigenvalue weighted by atomic mass is 79.9. The largest absolute Gasteiger partial charge is 0.396 e. The molecule has 11 heavy (non-hydrogen) atoms. The number of halogens is 1. The van der Waals surface area contributed by atoms with Crippen LogP contribution in [0.3, 0.4) is 0 Å². The van der Waals surface area contributed by atoms with Crippen molar-refractivity contribution in [1.29, 1.82) is 0 Å². The Hall–Kier alpha value is 0.440. The molecule has 0 aliphatic carbocycles. The van der Waals surface area contributed by atoms with Gasteiger partial charge in [0.1, 0.15) is 0 Å². The number of hydrogen-bond acceptors (Lipinski definition) is 1. The molecule has 0 unspecified atom stereocenters. The molecule has 0 heterocycles. The molecule has 1 nitrogen and oxygen atoms in total. The molecule has 1 N–H and O–H groups in total. The van der Waals surface area contributed by atoms with Gasteiger partial charge in [-0.2, -0.15) is 0 Å². The fraction of sp³-hybridized carbons (Fsp3) is 1.00. The van der Waals surface area contributed by atoms with Crippen molar-refractivity contribution in [2.45, 2.75) is 50.3 Å². The van der Waals surface area contributed by atoms with Crippen LogP contribution in [-0.4, -0.2) is 16.0 Å². The molecule has 2 heteroatoms. The minimum absolute atomic E-state index is 0.298. The summed E-state index contributed by atoms with van der Waals surface area (Å²) in [6.45, 7) is 4.73. The molecule has 0 rings (SSSR count). The maximum absolute atomic E-state index is 8.52. The van der Waals surface area contributed by atoms with E-state index in [0.29, 0.717) is 10.9 Å². The Bertz CT molecular complexity index is 86.1. The van der Waals surface area contributed by atoms with Gasteiger partial charge in [0.15, 0.2) is 0 Å². The number of unbranched alkanes of at least 4 members (excludes halogenated alkanes) is 3. The Morgan fingerprint density at radius 2 is 1.64 bits per heavy atom. The molecular formula is C9H19BrO. The third-order valence-corrected chi connectivity index (χ3v) is 2.08. The number of alkyl halides is 1. The standard InChI is InChI=1S/C9H19BrO/c1-9(2,10)7-5-3-4-6-8-11/h11H,3-8H2,1-2H3. The van der Waals surface area contributed by atoms with Crippen molar-refractivity contribution in [3.63, 3.8) is 0 Å². The van der Waals surface area contributed by atoms with E-state index in [4.69, 9.17) is 5.11 Å². The lowest BCUT2D eigenvalue weighted by Crippen LogP contribution is -2.08. The molecule has 0 atom stereocenters. The molecule has 0 aliphatic rings. The SMILES string of the molecule is CC(C)(Br)CCCCCCO. The Labute approximate surface area is 78.3 Å². The Balaban J connectivity index is 3.02. The van der Waals surface area contributed by atoms with E-state index in [1.165, 1.54) is 25.7 Å². The summed E-state index contributed by atoms with van der Waals surface area (Å²) < 4.78 is 0.298. The third kappa shape index (κ3) is 10.4. The molecule has 0 saturated carbocycles. The van der Waals surface area contributed by atoms with Gasteiger partial charge >= 0.3 is 0 Å². The smallest absolute Gasteiger partial charge is 0.0431 e. The first-order chi connectivity index (χ1) is 5.06. The van der Waals surface area contributed by atoms with E-state index >= 15 is 0 Å². The van der Waals surface area contributed by atoms with Crippen LogP contribution in [0.5, 0.6) is 0 Å². The van der Waals surface area contributed by atoms with E-state index in [1.54, 1.807) is 0 Å². The summed E-state index contributed by atoms with van der Waals surface area (Å²) in [7, 11) is 0. The molecule has 0 radical (unpaired) electrons. The monoisotopic (exact) mass is 222 g/mol. The lowest BCUT2D eigenvalue weighted by atomic mass is 10.0. The first kappa shape index (κ1) is 11.4. The summed E-state index contributed by atoms with van der Waals surface area (Å²) in [6, 6.07) is 0. The van der Waals surface area contributed by atoms with Crippen LogP contribution in [0.1, 0.15) is 46.0 Å². The van der Waals surface area contributed by atoms with Crippen molar-refractivity contribution < 1.29 is 5.11 Å². The van der Waals surface area contributed by atoms with Crippen molar-refractivity contribution >= 4 is 15.9 Å². The zero-order chi connectivity index (χ0) is 8.74. The molecular weight excluding hydrogens is 204 g/mol. The first-order valence-electron chi connectivity index (χ1n) is 4.36. The number of aliphatic hydroxyl groups excluding tert-OH is 1. The molecule has 0 amide bonds. The van der Waals surface area contributed by atoms with E-state index < -0.39 is 0 Å². The van der Waals surface area contributed by atoms with Crippen molar-refractivity contribution in [1.82, 2.24) is 0 Å². The van der Waals surface area contributed by atoms with Gasteiger partial charge in [0, 0.05) is 10.9 Å². The van der Waals surface area contributed by atoms with Gasteiger partial charge in [0.05, 0.1) is 0 Å². The van der Waals surface area contributed by atoms with Crippen LogP contribution in [0, 0.1) is 0 Å². The summed E-state index contributed by atoms with van der Waals surface area (Å²) in [5.74, 6) is 0. The average molecular weight is 223 g/mol. The van der Waals surface area contributed by atoms with Gasteiger partial charge in [-0.25, -0.2) is 0 Å². The highest BCUT2D eigenvalue weighted by Gasteiger charge is 2.10. The lowest BCUT2D eigenvalue weighted by Gasteiger charge is -2.14. The molecule has 68 valence electrons. The third-order valence-electron chi connectivity index (χ3n) is 1.68. The summed E-state index contributed by atoms with van der Waals surface area (Å²) in [6.07, 6.45) is 5.86. The number of hydrogen-bond donors (Lipinski definition) is 1. The van der Waals surface area contributed by atoms with Crippen LogP contribution in [0.15, 0.2) is 0 Å². The van der Waals surface area contributed by atoms with Crippen molar-refractivity contribution in [2.75, 3.05) is 6.61 Å².